The molecule has 0 heterocycles. The van der Waals surface area contributed by atoms with Gasteiger partial charge < -0.3 is 10.5 Å². The molecule has 0 radical (unpaired) electrons. The van der Waals surface area contributed by atoms with Crippen LogP contribution in [0.4, 0.5) is 23.2 Å². The molecule has 3 N–H and O–H groups in total. The molecule has 0 aliphatic rings. The van der Waals surface area contributed by atoms with E-state index in [-0.39, 0.29) is 4.47 Å². The van der Waals surface area contributed by atoms with Gasteiger partial charge in [0.1, 0.15) is 5.82 Å². The first kappa shape index (κ1) is 27.6. The molecule has 0 aliphatic heterocycles. The van der Waals surface area contributed by atoms with Crippen LogP contribution in [0.1, 0.15) is 19.4 Å². The Morgan fingerprint density at radius 3 is 2.32 bits per heavy atom. The molecular formula is C19H18BrF4N3O6S. The number of nitrogens with one attached hydrogen (secondary N) is 1. The van der Waals surface area contributed by atoms with Crippen molar-refractivity contribution in [3.8, 4) is 0 Å². The van der Waals surface area contributed by atoms with E-state index in [9.17, 15) is 40.9 Å². The highest BCUT2D eigenvalue weighted by Crippen LogP contribution is 2.37. The lowest BCUT2D eigenvalue weighted by atomic mass is 9.93. The van der Waals surface area contributed by atoms with Crippen molar-refractivity contribution >= 4 is 37.5 Å². The van der Waals surface area contributed by atoms with E-state index in [0.717, 1.165) is 31.2 Å². The van der Waals surface area contributed by atoms with Crippen LogP contribution in [0.2, 0.25) is 0 Å². The third-order valence-electron chi connectivity index (χ3n) is 4.89. The number of para-hydroxylation sites is 1. The Morgan fingerprint density at radius 1 is 1.21 bits per heavy atom. The second-order valence-electron chi connectivity index (χ2n) is 7.47. The van der Waals surface area contributed by atoms with Gasteiger partial charge >= 0.3 is 6.18 Å². The third-order valence-corrected chi connectivity index (χ3v) is 7.03. The van der Waals surface area contributed by atoms with Crippen molar-refractivity contribution in [2.24, 2.45) is 5.73 Å². The number of alkyl halides is 3. The van der Waals surface area contributed by atoms with Gasteiger partial charge in [-0.2, -0.15) is 17.9 Å². The zero-order valence-corrected chi connectivity index (χ0v) is 19.9. The van der Waals surface area contributed by atoms with Crippen molar-refractivity contribution in [1.29, 1.82) is 0 Å². The number of nitrogens with zero attached hydrogens (tertiary/aromatic N) is 1. The lowest BCUT2D eigenvalue weighted by molar-refractivity contribution is -0.387. The van der Waals surface area contributed by atoms with E-state index < -0.39 is 66.7 Å². The van der Waals surface area contributed by atoms with Crippen molar-refractivity contribution in [3.05, 3.63) is 68.4 Å². The molecule has 0 fully saturated rings. The van der Waals surface area contributed by atoms with E-state index in [1.807, 2.05) is 4.72 Å². The van der Waals surface area contributed by atoms with Gasteiger partial charge in [-0.15, -0.1) is 0 Å². The molecule has 1 amide bonds. The molecule has 34 heavy (non-hydrogen) atoms. The van der Waals surface area contributed by atoms with Crippen LogP contribution >= 0.6 is 15.9 Å². The van der Waals surface area contributed by atoms with E-state index >= 15 is 0 Å². The van der Waals surface area contributed by atoms with Gasteiger partial charge in [0.05, 0.1) is 17.1 Å². The average Bonchev–Trinajstić information content (AvgIpc) is 2.72. The molecule has 0 spiro atoms. The largest absolute Gasteiger partial charge is 0.426 e. The molecule has 9 nitrogen and oxygen atoms in total. The molecule has 0 aliphatic carbocycles. The number of sulfonamides is 1. The van der Waals surface area contributed by atoms with Gasteiger partial charge in [0, 0.05) is 16.1 Å². The number of benzene rings is 2. The number of halogens is 5. The minimum Gasteiger partial charge on any atom is -0.367 e. The molecule has 0 saturated heterocycles. The Morgan fingerprint density at radius 2 is 1.79 bits per heavy atom. The predicted molar refractivity (Wildman–Crippen MR) is 114 cm³/mol. The summed E-state index contributed by atoms with van der Waals surface area (Å²) in [4.78, 5) is 21.0. The lowest BCUT2D eigenvalue weighted by Gasteiger charge is -2.36. The summed E-state index contributed by atoms with van der Waals surface area (Å²) >= 11 is 3.06. The standard InChI is InChI=1S/C19H18BrF4N3O6S/c1-17(12-9-11(20)7-8-13(12)21,10-33-18(2,16(25)28)19(22,23)24)26-34(31,32)15-6-4-3-5-14(15)27(29)30/h3-9,26H,10H2,1-2H3,(H2,25,28)/t17-,18+/m0/s1. The third kappa shape index (κ3) is 5.54. The fourth-order valence-electron chi connectivity index (χ4n) is 2.85. The van der Waals surface area contributed by atoms with Gasteiger partial charge in [-0.05, 0) is 38.1 Å². The zero-order valence-electron chi connectivity index (χ0n) is 17.5. The fourth-order valence-corrected chi connectivity index (χ4v) is 4.76. The molecule has 15 heteroatoms. The number of rotatable bonds is 9. The number of ether oxygens (including phenoxy) is 1. The summed E-state index contributed by atoms with van der Waals surface area (Å²) in [6.45, 7) is 0.0880. The van der Waals surface area contributed by atoms with Gasteiger partial charge in [-0.1, -0.05) is 28.1 Å². The maximum atomic E-state index is 14.7. The Labute approximate surface area is 199 Å². The first-order valence-corrected chi connectivity index (χ1v) is 11.5. The summed E-state index contributed by atoms with van der Waals surface area (Å²) in [6.07, 6.45) is -5.30. The van der Waals surface area contributed by atoms with Gasteiger partial charge in [0.2, 0.25) is 15.6 Å². The normalized spacial score (nSPS) is 15.9. The van der Waals surface area contributed by atoms with E-state index in [1.54, 1.807) is 0 Å². The van der Waals surface area contributed by atoms with Crippen molar-refractivity contribution in [2.75, 3.05) is 6.61 Å². The summed E-state index contributed by atoms with van der Waals surface area (Å²) in [5.74, 6) is -2.95. The molecule has 0 unspecified atom stereocenters. The second-order valence-corrected chi connectivity index (χ2v) is 10.0. The van der Waals surface area contributed by atoms with Crippen LogP contribution in [-0.4, -0.2) is 37.6 Å². The summed E-state index contributed by atoms with van der Waals surface area (Å²) < 4.78 is 88.4. The van der Waals surface area contributed by atoms with Crippen LogP contribution in [0.25, 0.3) is 0 Å². The molecule has 186 valence electrons. The Kier molecular flexibility index (Phi) is 7.77. The second kappa shape index (κ2) is 9.56. The van der Waals surface area contributed by atoms with Crippen molar-refractivity contribution < 1.29 is 40.4 Å². The monoisotopic (exact) mass is 571 g/mol. The van der Waals surface area contributed by atoms with Gasteiger partial charge in [-0.25, -0.2) is 12.8 Å². The first-order valence-electron chi connectivity index (χ1n) is 9.18. The molecule has 2 aromatic carbocycles. The van der Waals surface area contributed by atoms with E-state index in [4.69, 9.17) is 10.5 Å². The Hall–Kier alpha value is -2.62. The maximum Gasteiger partial charge on any atom is 0.426 e. The van der Waals surface area contributed by atoms with E-state index in [2.05, 4.69) is 15.9 Å². The van der Waals surface area contributed by atoms with E-state index in [1.165, 1.54) is 18.2 Å². The van der Waals surface area contributed by atoms with Crippen LogP contribution in [-0.2, 0) is 25.1 Å². The number of nitro benzene ring substituents is 1. The number of nitro groups is 1. The molecule has 2 aromatic rings. The topological polar surface area (TPSA) is 142 Å². The molecule has 0 bridgehead atoms. The molecular weight excluding hydrogens is 554 g/mol. The van der Waals surface area contributed by atoms with Gasteiger partial charge in [0.25, 0.3) is 11.6 Å². The van der Waals surface area contributed by atoms with Crippen LogP contribution in [0, 0.1) is 15.9 Å². The van der Waals surface area contributed by atoms with Gasteiger partial charge in [-0.3, -0.25) is 14.9 Å². The highest BCUT2D eigenvalue weighted by Gasteiger charge is 2.58. The van der Waals surface area contributed by atoms with Crippen molar-refractivity contribution in [2.45, 2.75) is 36.1 Å². The van der Waals surface area contributed by atoms with Crippen LogP contribution in [0.3, 0.4) is 0 Å². The number of primary amides is 1. The summed E-state index contributed by atoms with van der Waals surface area (Å²) in [7, 11) is -4.85. The summed E-state index contributed by atoms with van der Waals surface area (Å²) in [5, 5.41) is 11.3. The SMILES string of the molecule is C[C@@](CO[C@](C)(C(N)=O)C(F)(F)F)(NS(=O)(=O)c1ccccc1[N+](=O)[O-])c1cc(Br)ccc1F. The minimum absolute atomic E-state index is 0.230. The Bertz CT molecular complexity index is 1230. The first-order chi connectivity index (χ1) is 15.4. The molecule has 0 aromatic heterocycles. The quantitative estimate of drug-likeness (QED) is 0.268. The molecule has 2 atom stereocenters. The fraction of sp³-hybridized carbons (Fsp3) is 0.316. The predicted octanol–water partition coefficient (Wildman–Crippen LogP) is 3.51. The number of hydrogen-bond donors (Lipinski definition) is 2. The highest BCUT2D eigenvalue weighted by atomic mass is 79.9. The van der Waals surface area contributed by atoms with Gasteiger partial charge in [0.15, 0.2) is 4.90 Å². The number of nitrogens with two attached hydrogens (primary N) is 1. The zero-order chi connectivity index (χ0) is 26.1. The maximum absolute atomic E-state index is 14.7. The van der Waals surface area contributed by atoms with Crippen LogP contribution < -0.4 is 10.5 Å². The number of carbonyl (C=O) groups is 1. The summed E-state index contributed by atoms with van der Waals surface area (Å²) in [6, 6.07) is 7.42. The van der Waals surface area contributed by atoms with Crippen molar-refractivity contribution in [3.63, 3.8) is 0 Å². The average molecular weight is 572 g/mol. The highest BCUT2D eigenvalue weighted by molar-refractivity contribution is 9.10. The van der Waals surface area contributed by atoms with Crippen molar-refractivity contribution in [1.82, 2.24) is 4.72 Å². The van der Waals surface area contributed by atoms with E-state index in [0.29, 0.717) is 6.92 Å². The number of hydrogen-bond acceptors (Lipinski definition) is 6. The number of carbonyl (C=O) groups excluding carboxylic acids is 1. The summed E-state index contributed by atoms with van der Waals surface area (Å²) in [5.41, 5.74) is -2.28. The lowest BCUT2D eigenvalue weighted by Crippen LogP contribution is -2.58. The smallest absolute Gasteiger partial charge is 0.367 e. The Balaban J connectivity index is 2.65. The molecule has 0 saturated carbocycles. The molecule has 2 rings (SSSR count). The number of amides is 1. The minimum atomic E-state index is -5.30. The van der Waals surface area contributed by atoms with Crippen LogP contribution in [0.15, 0.2) is 51.8 Å². The van der Waals surface area contributed by atoms with Crippen LogP contribution in [0.5, 0.6) is 0 Å².